The lowest BCUT2D eigenvalue weighted by Crippen LogP contribution is -2.44. The van der Waals surface area contributed by atoms with Crippen LogP contribution in [0.2, 0.25) is 0 Å². The number of para-hydroxylation sites is 1. The summed E-state index contributed by atoms with van der Waals surface area (Å²) >= 11 is 3.40. The molecule has 1 atom stereocenters. The lowest BCUT2D eigenvalue weighted by molar-refractivity contribution is -0.137. The molecule has 6 heteroatoms. The van der Waals surface area contributed by atoms with Gasteiger partial charge in [-0.3, -0.25) is 4.79 Å². The number of rotatable bonds is 6. The van der Waals surface area contributed by atoms with Crippen molar-refractivity contribution < 1.29 is 9.53 Å². The number of hydrogen-bond acceptors (Lipinski definition) is 3. The Morgan fingerprint density at radius 2 is 2.00 bits per heavy atom. The molecule has 0 fully saturated rings. The van der Waals surface area contributed by atoms with Crippen molar-refractivity contribution in [3.63, 3.8) is 0 Å². The monoisotopic (exact) mass is 378 g/mol. The number of nitrogens with two attached hydrogens (primary N) is 1. The SMILES string of the molecule is CC(Oc1ccccc1Br)C(=O)N(C)CC(C)(C)CN.Cl. The Kier molecular flexibility index (Phi) is 8.29. The summed E-state index contributed by atoms with van der Waals surface area (Å²) in [7, 11) is 1.78. The van der Waals surface area contributed by atoms with Crippen LogP contribution in [0.15, 0.2) is 28.7 Å². The van der Waals surface area contributed by atoms with Gasteiger partial charge in [0.2, 0.25) is 0 Å². The minimum absolute atomic E-state index is 0. The summed E-state index contributed by atoms with van der Waals surface area (Å²) < 4.78 is 6.54. The Bertz CT molecular complexity index is 469. The summed E-state index contributed by atoms with van der Waals surface area (Å²) in [4.78, 5) is 14.0. The van der Waals surface area contributed by atoms with E-state index in [9.17, 15) is 4.79 Å². The minimum Gasteiger partial charge on any atom is -0.480 e. The van der Waals surface area contributed by atoms with Crippen molar-refractivity contribution in [2.24, 2.45) is 11.1 Å². The molecular weight excluding hydrogens is 356 g/mol. The summed E-state index contributed by atoms with van der Waals surface area (Å²) in [6, 6.07) is 7.49. The molecule has 0 aromatic heterocycles. The van der Waals surface area contributed by atoms with Gasteiger partial charge < -0.3 is 15.4 Å². The van der Waals surface area contributed by atoms with Gasteiger partial charge in [-0.2, -0.15) is 0 Å². The molecule has 0 aliphatic carbocycles. The van der Waals surface area contributed by atoms with E-state index in [4.69, 9.17) is 10.5 Å². The maximum absolute atomic E-state index is 12.3. The van der Waals surface area contributed by atoms with E-state index in [-0.39, 0.29) is 23.7 Å². The van der Waals surface area contributed by atoms with E-state index in [1.54, 1.807) is 18.9 Å². The van der Waals surface area contributed by atoms with Crippen LogP contribution in [0.3, 0.4) is 0 Å². The largest absolute Gasteiger partial charge is 0.480 e. The quantitative estimate of drug-likeness (QED) is 0.826. The fraction of sp³-hybridized carbons (Fsp3) is 0.533. The first-order valence-corrected chi connectivity index (χ1v) is 7.42. The number of halogens is 2. The van der Waals surface area contributed by atoms with Gasteiger partial charge in [-0.25, -0.2) is 0 Å². The normalized spacial score (nSPS) is 12.3. The Balaban J connectivity index is 0.00000400. The van der Waals surface area contributed by atoms with Gasteiger partial charge in [0.25, 0.3) is 5.91 Å². The highest BCUT2D eigenvalue weighted by Crippen LogP contribution is 2.25. The van der Waals surface area contributed by atoms with Crippen LogP contribution in [0.25, 0.3) is 0 Å². The number of carbonyl (C=O) groups is 1. The van der Waals surface area contributed by atoms with Crippen LogP contribution in [0.5, 0.6) is 5.75 Å². The smallest absolute Gasteiger partial charge is 0.263 e. The van der Waals surface area contributed by atoms with Crippen molar-refractivity contribution in [3.8, 4) is 5.75 Å². The molecule has 0 spiro atoms. The molecule has 0 saturated heterocycles. The van der Waals surface area contributed by atoms with Gasteiger partial charge in [0.1, 0.15) is 5.75 Å². The fourth-order valence-corrected chi connectivity index (χ4v) is 2.25. The van der Waals surface area contributed by atoms with Gasteiger partial charge in [0, 0.05) is 13.6 Å². The first-order valence-electron chi connectivity index (χ1n) is 6.63. The lowest BCUT2D eigenvalue weighted by atomic mass is 9.93. The lowest BCUT2D eigenvalue weighted by Gasteiger charge is -2.30. The maximum atomic E-state index is 12.3. The Morgan fingerprint density at radius 1 is 1.43 bits per heavy atom. The first kappa shape index (κ1) is 20.2. The predicted molar refractivity (Wildman–Crippen MR) is 92.0 cm³/mol. The number of carbonyl (C=O) groups excluding carboxylic acids is 1. The van der Waals surface area contributed by atoms with Crippen LogP contribution in [-0.2, 0) is 4.79 Å². The number of likely N-dealkylation sites (N-methyl/N-ethyl adjacent to an activating group) is 1. The van der Waals surface area contributed by atoms with E-state index in [0.29, 0.717) is 18.8 Å². The molecule has 0 bridgehead atoms. The maximum Gasteiger partial charge on any atom is 0.263 e. The minimum atomic E-state index is -0.535. The average molecular weight is 380 g/mol. The average Bonchev–Trinajstić information content (AvgIpc) is 2.40. The van der Waals surface area contributed by atoms with Crippen molar-refractivity contribution in [2.75, 3.05) is 20.1 Å². The topological polar surface area (TPSA) is 55.6 Å². The second kappa shape index (κ2) is 8.61. The Labute approximate surface area is 141 Å². The van der Waals surface area contributed by atoms with Gasteiger partial charge in [0.05, 0.1) is 4.47 Å². The molecule has 120 valence electrons. The highest BCUT2D eigenvalue weighted by atomic mass is 79.9. The van der Waals surface area contributed by atoms with Gasteiger partial charge in [0.15, 0.2) is 6.10 Å². The van der Waals surface area contributed by atoms with Crippen molar-refractivity contribution in [2.45, 2.75) is 26.9 Å². The zero-order valence-electron chi connectivity index (χ0n) is 12.9. The van der Waals surface area contributed by atoms with Crippen molar-refractivity contribution in [1.82, 2.24) is 4.90 Å². The van der Waals surface area contributed by atoms with Crippen LogP contribution in [0, 0.1) is 5.41 Å². The molecule has 2 N–H and O–H groups in total. The molecule has 4 nitrogen and oxygen atoms in total. The van der Waals surface area contributed by atoms with Crippen LogP contribution < -0.4 is 10.5 Å². The van der Waals surface area contributed by atoms with Gasteiger partial charge >= 0.3 is 0 Å². The summed E-state index contributed by atoms with van der Waals surface area (Å²) in [6.45, 7) is 6.97. The molecule has 1 unspecified atom stereocenters. The van der Waals surface area contributed by atoms with Crippen LogP contribution >= 0.6 is 28.3 Å². The highest BCUT2D eigenvalue weighted by Gasteiger charge is 2.25. The third kappa shape index (κ3) is 6.24. The molecule has 0 aliphatic rings. The third-order valence-corrected chi connectivity index (χ3v) is 3.74. The van der Waals surface area contributed by atoms with Crippen LogP contribution in [-0.4, -0.2) is 37.0 Å². The molecule has 21 heavy (non-hydrogen) atoms. The molecule has 0 heterocycles. The second-order valence-electron chi connectivity index (χ2n) is 5.75. The standard InChI is InChI=1S/C15H23BrN2O2.ClH/c1-11(20-13-8-6-5-7-12(13)16)14(19)18(4)10-15(2,3)9-17;/h5-8,11H,9-10,17H2,1-4H3;1H. The zero-order valence-corrected chi connectivity index (χ0v) is 15.3. The number of ether oxygens (including phenoxy) is 1. The summed E-state index contributed by atoms with van der Waals surface area (Å²) in [5, 5.41) is 0. The zero-order chi connectivity index (χ0) is 15.3. The van der Waals surface area contributed by atoms with Crippen LogP contribution in [0.4, 0.5) is 0 Å². The van der Waals surface area contributed by atoms with E-state index in [0.717, 1.165) is 4.47 Å². The molecular formula is C15H24BrClN2O2. The molecule has 0 aliphatic heterocycles. The highest BCUT2D eigenvalue weighted by molar-refractivity contribution is 9.10. The second-order valence-corrected chi connectivity index (χ2v) is 6.61. The molecule has 1 rings (SSSR count). The summed E-state index contributed by atoms with van der Waals surface area (Å²) in [5.41, 5.74) is 5.60. The molecule has 1 aromatic rings. The third-order valence-electron chi connectivity index (χ3n) is 3.08. The summed E-state index contributed by atoms with van der Waals surface area (Å²) in [5.74, 6) is 0.613. The molecule has 1 aromatic carbocycles. The van der Waals surface area contributed by atoms with Crippen LogP contribution in [0.1, 0.15) is 20.8 Å². The van der Waals surface area contributed by atoms with Gasteiger partial charge in [-0.15, -0.1) is 12.4 Å². The number of hydrogen-bond donors (Lipinski definition) is 1. The molecule has 0 saturated carbocycles. The van der Waals surface area contributed by atoms with Gasteiger partial charge in [-0.05, 0) is 46.9 Å². The van der Waals surface area contributed by atoms with Crippen molar-refractivity contribution in [1.29, 1.82) is 0 Å². The van der Waals surface area contributed by atoms with E-state index in [2.05, 4.69) is 15.9 Å². The van der Waals surface area contributed by atoms with E-state index in [1.807, 2.05) is 38.1 Å². The number of benzene rings is 1. The van der Waals surface area contributed by atoms with E-state index >= 15 is 0 Å². The fourth-order valence-electron chi connectivity index (χ4n) is 1.88. The van der Waals surface area contributed by atoms with Crippen molar-refractivity contribution in [3.05, 3.63) is 28.7 Å². The Morgan fingerprint density at radius 3 is 2.52 bits per heavy atom. The number of amides is 1. The van der Waals surface area contributed by atoms with Gasteiger partial charge in [-0.1, -0.05) is 26.0 Å². The number of nitrogens with zero attached hydrogens (tertiary/aromatic N) is 1. The molecule has 1 amide bonds. The Hall–Kier alpha value is -0.780. The molecule has 0 radical (unpaired) electrons. The first-order chi connectivity index (χ1) is 9.26. The van der Waals surface area contributed by atoms with E-state index in [1.165, 1.54) is 0 Å². The summed E-state index contributed by atoms with van der Waals surface area (Å²) in [6.07, 6.45) is -0.535. The van der Waals surface area contributed by atoms with Crippen molar-refractivity contribution >= 4 is 34.2 Å². The predicted octanol–water partition coefficient (Wildman–Crippen LogP) is 3.08. The van der Waals surface area contributed by atoms with E-state index < -0.39 is 6.10 Å².